The number of hydrogen-bond acceptors (Lipinski definition) is 5. The van der Waals surface area contributed by atoms with E-state index in [1.807, 2.05) is 13.2 Å². The Kier molecular flexibility index (Phi) is 5.46. The summed E-state index contributed by atoms with van der Waals surface area (Å²) in [7, 11) is 1.70. The van der Waals surface area contributed by atoms with E-state index in [1.54, 1.807) is 23.7 Å². The fraction of sp³-hybridized carbons (Fsp3) is 0.727. The van der Waals surface area contributed by atoms with Gasteiger partial charge in [0.05, 0.1) is 0 Å². The van der Waals surface area contributed by atoms with Gasteiger partial charge in [-0.3, -0.25) is 4.79 Å². The molecule has 0 fully saturated rings. The number of likely N-dealkylation sites (N-methyl/N-ethyl adjacent to an activating group) is 1. The number of carbonyl (C=O) groups is 2. The minimum atomic E-state index is -1.14. The number of aliphatic carboxylic acids is 1. The summed E-state index contributed by atoms with van der Waals surface area (Å²) in [5.74, 6) is -0.381. The molecule has 1 aliphatic heterocycles. The summed E-state index contributed by atoms with van der Waals surface area (Å²) in [6.07, 6.45) is 2.15. The van der Waals surface area contributed by atoms with Crippen molar-refractivity contribution in [1.29, 1.82) is 0 Å². The van der Waals surface area contributed by atoms with E-state index in [1.165, 1.54) is 0 Å². The summed E-state index contributed by atoms with van der Waals surface area (Å²) in [4.78, 5) is 29.2. The van der Waals surface area contributed by atoms with Crippen molar-refractivity contribution in [3.63, 3.8) is 0 Å². The maximum atomic E-state index is 12.0. The molecule has 0 bridgehead atoms. The quantitative estimate of drug-likeness (QED) is 0.775. The van der Waals surface area contributed by atoms with Gasteiger partial charge in [-0.25, -0.2) is 4.79 Å². The SMILES string of the molecule is CSCCC(C)N(C)C(=O)C1CC(C(=O)O)=NO1. The molecule has 6 nitrogen and oxygen atoms in total. The molecule has 2 atom stereocenters. The van der Waals surface area contributed by atoms with Crippen LogP contribution in [-0.2, 0) is 14.4 Å². The average molecular weight is 274 g/mol. The second kappa shape index (κ2) is 6.63. The predicted octanol–water partition coefficient (Wildman–Crippen LogP) is 0.816. The molecule has 18 heavy (non-hydrogen) atoms. The first kappa shape index (κ1) is 14.8. The van der Waals surface area contributed by atoms with Gasteiger partial charge in [0.2, 0.25) is 6.10 Å². The molecule has 0 saturated carbocycles. The largest absolute Gasteiger partial charge is 0.477 e. The van der Waals surface area contributed by atoms with Gasteiger partial charge in [-0.15, -0.1) is 0 Å². The Bertz CT molecular complexity index is 359. The lowest BCUT2D eigenvalue weighted by molar-refractivity contribution is -0.142. The monoisotopic (exact) mass is 274 g/mol. The maximum absolute atomic E-state index is 12.0. The van der Waals surface area contributed by atoms with Gasteiger partial charge in [-0.1, -0.05) is 5.16 Å². The predicted molar refractivity (Wildman–Crippen MR) is 69.8 cm³/mol. The molecule has 0 aromatic rings. The van der Waals surface area contributed by atoms with Gasteiger partial charge in [-0.2, -0.15) is 11.8 Å². The van der Waals surface area contributed by atoms with Crippen LogP contribution in [-0.4, -0.2) is 58.8 Å². The van der Waals surface area contributed by atoms with Gasteiger partial charge >= 0.3 is 5.97 Å². The van der Waals surface area contributed by atoms with Crippen LogP contribution in [0.2, 0.25) is 0 Å². The van der Waals surface area contributed by atoms with Crippen LogP contribution in [0, 0.1) is 0 Å². The number of carboxylic acid groups (broad SMARTS) is 1. The summed E-state index contributed by atoms with van der Waals surface area (Å²) in [6, 6.07) is 0.0995. The molecule has 7 heteroatoms. The lowest BCUT2D eigenvalue weighted by Crippen LogP contribution is -2.42. The molecule has 0 spiro atoms. The van der Waals surface area contributed by atoms with E-state index in [9.17, 15) is 9.59 Å². The third-order valence-electron chi connectivity index (χ3n) is 2.94. The standard InChI is InChI=1S/C11H18N2O4S/c1-7(4-5-18-3)13(2)10(14)9-6-8(11(15)16)12-17-9/h7,9H,4-6H2,1-3H3,(H,15,16). The topological polar surface area (TPSA) is 79.2 Å². The van der Waals surface area contributed by atoms with E-state index in [0.717, 1.165) is 12.2 Å². The summed E-state index contributed by atoms with van der Waals surface area (Å²) in [6.45, 7) is 1.96. The number of thioether (sulfide) groups is 1. The van der Waals surface area contributed by atoms with Crippen molar-refractivity contribution in [1.82, 2.24) is 4.90 Å². The number of hydrogen-bond donors (Lipinski definition) is 1. The van der Waals surface area contributed by atoms with Crippen molar-refractivity contribution in [2.45, 2.75) is 31.9 Å². The molecule has 1 amide bonds. The van der Waals surface area contributed by atoms with Crippen LogP contribution >= 0.6 is 11.8 Å². The van der Waals surface area contributed by atoms with Crippen LogP contribution in [0.25, 0.3) is 0 Å². The van der Waals surface area contributed by atoms with Gasteiger partial charge in [0.25, 0.3) is 5.91 Å². The van der Waals surface area contributed by atoms with E-state index in [2.05, 4.69) is 5.16 Å². The van der Waals surface area contributed by atoms with Gasteiger partial charge < -0.3 is 14.8 Å². The van der Waals surface area contributed by atoms with E-state index in [-0.39, 0.29) is 24.1 Å². The van der Waals surface area contributed by atoms with Gasteiger partial charge in [-0.05, 0) is 25.4 Å². The third-order valence-corrected chi connectivity index (χ3v) is 3.58. The Balaban J connectivity index is 2.48. The first-order valence-corrected chi connectivity index (χ1v) is 7.08. The van der Waals surface area contributed by atoms with Crippen LogP contribution in [0.15, 0.2) is 5.16 Å². The first-order valence-electron chi connectivity index (χ1n) is 5.69. The summed E-state index contributed by atoms with van der Waals surface area (Å²) < 4.78 is 0. The third kappa shape index (κ3) is 3.63. The zero-order chi connectivity index (χ0) is 13.7. The summed E-state index contributed by atoms with van der Waals surface area (Å²) in [5.41, 5.74) is -0.0986. The van der Waals surface area contributed by atoms with E-state index in [4.69, 9.17) is 9.94 Å². The highest BCUT2D eigenvalue weighted by molar-refractivity contribution is 7.98. The Hall–Kier alpha value is -1.24. The highest BCUT2D eigenvalue weighted by atomic mass is 32.2. The van der Waals surface area contributed by atoms with Crippen LogP contribution in [0.5, 0.6) is 0 Å². The molecule has 102 valence electrons. The van der Waals surface area contributed by atoms with Crippen molar-refractivity contribution in [2.24, 2.45) is 5.16 Å². The number of amides is 1. The Morgan fingerprint density at radius 2 is 2.33 bits per heavy atom. The molecule has 2 unspecified atom stereocenters. The number of carboxylic acids is 1. The molecule has 1 heterocycles. The number of oxime groups is 1. The van der Waals surface area contributed by atoms with Crippen molar-refractivity contribution < 1.29 is 19.5 Å². The molecule has 1 N–H and O–H groups in total. The van der Waals surface area contributed by atoms with Crippen LogP contribution < -0.4 is 0 Å². The molecule has 0 aromatic carbocycles. The number of carbonyl (C=O) groups excluding carboxylic acids is 1. The van der Waals surface area contributed by atoms with Crippen molar-refractivity contribution in [3.8, 4) is 0 Å². The molecule has 0 radical (unpaired) electrons. The summed E-state index contributed by atoms with van der Waals surface area (Å²) in [5, 5.41) is 12.1. The smallest absolute Gasteiger partial charge is 0.353 e. The molecular formula is C11H18N2O4S. The van der Waals surface area contributed by atoms with Crippen LogP contribution in [0.1, 0.15) is 19.8 Å². The van der Waals surface area contributed by atoms with Gasteiger partial charge in [0, 0.05) is 19.5 Å². The molecule has 0 aliphatic carbocycles. The second-order valence-electron chi connectivity index (χ2n) is 4.22. The van der Waals surface area contributed by atoms with Gasteiger partial charge in [0.1, 0.15) is 0 Å². The fourth-order valence-corrected chi connectivity index (χ4v) is 2.14. The molecule has 1 rings (SSSR count). The average Bonchev–Trinajstić information content (AvgIpc) is 2.83. The van der Waals surface area contributed by atoms with Crippen LogP contribution in [0.3, 0.4) is 0 Å². The molecular weight excluding hydrogens is 256 g/mol. The van der Waals surface area contributed by atoms with E-state index >= 15 is 0 Å². The zero-order valence-corrected chi connectivity index (χ0v) is 11.6. The molecule has 1 aliphatic rings. The Morgan fingerprint density at radius 3 is 2.83 bits per heavy atom. The zero-order valence-electron chi connectivity index (χ0n) is 10.8. The van der Waals surface area contributed by atoms with Crippen LogP contribution in [0.4, 0.5) is 0 Å². The number of rotatable bonds is 6. The lowest BCUT2D eigenvalue weighted by atomic mass is 10.1. The van der Waals surface area contributed by atoms with Gasteiger partial charge in [0.15, 0.2) is 5.71 Å². The normalized spacial score (nSPS) is 19.9. The molecule has 0 aromatic heterocycles. The van der Waals surface area contributed by atoms with E-state index in [0.29, 0.717) is 0 Å². The fourth-order valence-electron chi connectivity index (χ4n) is 1.56. The van der Waals surface area contributed by atoms with Crippen molar-refractivity contribution >= 4 is 29.4 Å². The Morgan fingerprint density at radius 1 is 1.67 bits per heavy atom. The highest BCUT2D eigenvalue weighted by Gasteiger charge is 2.34. The maximum Gasteiger partial charge on any atom is 0.353 e. The Labute approximate surface area is 110 Å². The highest BCUT2D eigenvalue weighted by Crippen LogP contribution is 2.15. The van der Waals surface area contributed by atoms with Crippen molar-refractivity contribution in [3.05, 3.63) is 0 Å². The second-order valence-corrected chi connectivity index (χ2v) is 5.21. The lowest BCUT2D eigenvalue weighted by Gasteiger charge is -2.26. The molecule has 0 saturated heterocycles. The van der Waals surface area contributed by atoms with E-state index < -0.39 is 12.1 Å². The minimum absolute atomic E-state index is 0.0355. The first-order chi connectivity index (χ1) is 8.47. The minimum Gasteiger partial charge on any atom is -0.477 e. The van der Waals surface area contributed by atoms with Crippen molar-refractivity contribution in [2.75, 3.05) is 19.1 Å². The number of nitrogens with zero attached hydrogens (tertiary/aromatic N) is 2. The summed E-state index contributed by atoms with van der Waals surface area (Å²) >= 11 is 1.73.